The second-order valence-electron chi connectivity index (χ2n) is 8.25. The number of nitrogens with zero attached hydrogens (tertiary/aromatic N) is 1. The van der Waals surface area contributed by atoms with E-state index in [9.17, 15) is 23.1 Å². The number of carbonyl (C=O) groups is 2. The van der Waals surface area contributed by atoms with Crippen LogP contribution in [-0.2, 0) is 27.8 Å². The lowest BCUT2D eigenvalue weighted by Crippen LogP contribution is -2.12. The lowest BCUT2D eigenvalue weighted by molar-refractivity contribution is -0.137. The normalized spacial score (nSPS) is 11.3. The molecule has 0 atom stereocenters. The first kappa shape index (κ1) is 24.7. The van der Waals surface area contributed by atoms with Gasteiger partial charge in [0, 0.05) is 40.3 Å². The van der Waals surface area contributed by atoms with Crippen LogP contribution in [0, 0.1) is 5.41 Å². The quantitative estimate of drug-likeness (QED) is 0.147. The van der Waals surface area contributed by atoms with Crippen LogP contribution in [0.15, 0.2) is 83.9 Å². The lowest BCUT2D eigenvalue weighted by Gasteiger charge is -2.09. The number of ketones is 1. The third-order valence-electron chi connectivity index (χ3n) is 5.70. The minimum Gasteiger partial charge on any atom is -0.480 e. The molecule has 184 valence electrons. The van der Waals surface area contributed by atoms with Crippen LogP contribution in [0.3, 0.4) is 0 Å². The van der Waals surface area contributed by atoms with Crippen LogP contribution in [0.1, 0.15) is 27.9 Å². The van der Waals surface area contributed by atoms with Gasteiger partial charge in [-0.05, 0) is 42.3 Å². The van der Waals surface area contributed by atoms with Gasteiger partial charge < -0.3 is 15.4 Å². The summed E-state index contributed by atoms with van der Waals surface area (Å²) in [6.45, 7) is -0.342. The fourth-order valence-electron chi connectivity index (χ4n) is 3.92. The molecule has 5 N–H and O–H groups in total. The van der Waals surface area contributed by atoms with E-state index in [0.29, 0.717) is 28.5 Å². The average Bonchev–Trinajstić information content (AvgIpc) is 3.20. The number of rotatable bonds is 10. The van der Waals surface area contributed by atoms with Gasteiger partial charge in [-0.3, -0.25) is 19.7 Å². The van der Waals surface area contributed by atoms with E-state index in [-0.39, 0.29) is 35.2 Å². The molecule has 0 unspecified atom stereocenters. The van der Waals surface area contributed by atoms with Gasteiger partial charge in [0.2, 0.25) is 0 Å². The second-order valence-corrected chi connectivity index (χ2v) is 9.93. The molecule has 0 spiro atoms. The highest BCUT2D eigenvalue weighted by molar-refractivity contribution is 7.92. The van der Waals surface area contributed by atoms with Gasteiger partial charge in [0.25, 0.3) is 10.0 Å². The molecule has 0 saturated heterocycles. The number of hydrogen-bond donors (Lipinski definition) is 4. The van der Waals surface area contributed by atoms with Gasteiger partial charge in [-0.25, -0.2) is 8.42 Å². The molecule has 3 aromatic carbocycles. The summed E-state index contributed by atoms with van der Waals surface area (Å²) in [7, 11) is -3.84. The van der Waals surface area contributed by atoms with E-state index in [4.69, 9.17) is 11.1 Å². The molecular weight excluding hydrogens is 480 g/mol. The number of hydrogen-bond acceptors (Lipinski definition) is 5. The molecule has 0 aliphatic heterocycles. The third kappa shape index (κ3) is 5.44. The summed E-state index contributed by atoms with van der Waals surface area (Å²) in [6, 6.07) is 19.6. The number of nitrogens with one attached hydrogen (secondary N) is 2. The van der Waals surface area contributed by atoms with Gasteiger partial charge in [0.05, 0.1) is 4.90 Å². The first-order chi connectivity index (χ1) is 17.1. The van der Waals surface area contributed by atoms with Crippen molar-refractivity contribution in [2.45, 2.75) is 24.3 Å². The SMILES string of the molecule is N=C(N)c1ccc(CCC(=O)c2cn(CC(=O)O)c3ccc(NS(=O)(=O)c4ccccc4)cc23)cc1. The molecular formula is C26H24N4O5S. The van der Waals surface area contributed by atoms with Gasteiger partial charge >= 0.3 is 5.97 Å². The van der Waals surface area contributed by atoms with Crippen molar-refractivity contribution in [3.8, 4) is 0 Å². The van der Waals surface area contributed by atoms with Crippen molar-refractivity contribution in [2.75, 3.05) is 4.72 Å². The van der Waals surface area contributed by atoms with E-state index in [1.807, 2.05) is 0 Å². The molecule has 0 aliphatic rings. The molecule has 0 amide bonds. The van der Waals surface area contributed by atoms with E-state index in [1.165, 1.54) is 29.0 Å². The van der Waals surface area contributed by atoms with Crippen molar-refractivity contribution in [3.63, 3.8) is 0 Å². The van der Waals surface area contributed by atoms with Crippen molar-refractivity contribution < 1.29 is 23.1 Å². The van der Waals surface area contributed by atoms with Crippen LogP contribution in [-0.4, -0.2) is 35.7 Å². The Bertz CT molecular complexity index is 1560. The molecule has 0 aliphatic carbocycles. The van der Waals surface area contributed by atoms with Crippen molar-refractivity contribution in [2.24, 2.45) is 5.73 Å². The number of carbonyl (C=O) groups excluding carboxylic acids is 1. The summed E-state index contributed by atoms with van der Waals surface area (Å²) < 4.78 is 29.5. The molecule has 0 fully saturated rings. The van der Waals surface area contributed by atoms with Crippen LogP contribution < -0.4 is 10.5 Å². The van der Waals surface area contributed by atoms with E-state index in [2.05, 4.69) is 4.72 Å². The number of sulfonamides is 1. The Labute approximate surface area is 207 Å². The maximum absolute atomic E-state index is 13.2. The Morgan fingerprint density at radius 3 is 2.33 bits per heavy atom. The van der Waals surface area contributed by atoms with E-state index in [0.717, 1.165) is 5.56 Å². The summed E-state index contributed by atoms with van der Waals surface area (Å²) >= 11 is 0. The number of aromatic nitrogens is 1. The predicted molar refractivity (Wildman–Crippen MR) is 137 cm³/mol. The zero-order valence-electron chi connectivity index (χ0n) is 19.1. The van der Waals surface area contributed by atoms with Crippen LogP contribution in [0.25, 0.3) is 10.9 Å². The summed E-state index contributed by atoms with van der Waals surface area (Å²) in [4.78, 5) is 24.6. The topological polar surface area (TPSA) is 155 Å². The Hall–Kier alpha value is -4.44. The Morgan fingerprint density at radius 1 is 1.00 bits per heavy atom. The maximum Gasteiger partial charge on any atom is 0.323 e. The molecule has 4 aromatic rings. The van der Waals surface area contributed by atoms with Crippen molar-refractivity contribution in [1.29, 1.82) is 5.41 Å². The standard InChI is InChI=1S/C26H24N4O5S/c27-26(28)18-9-6-17(7-10-18)8-13-24(31)22-15-30(16-25(32)33)23-12-11-19(14-21(22)23)29-36(34,35)20-4-2-1-3-5-20/h1-7,9-12,14-15,29H,8,13,16H2,(H3,27,28)(H,32,33). The second kappa shape index (κ2) is 10.0. The number of aryl methyl sites for hydroxylation is 1. The summed E-state index contributed by atoms with van der Waals surface area (Å²) in [6.07, 6.45) is 2.09. The number of amidine groups is 1. The number of carboxylic acids is 1. The highest BCUT2D eigenvalue weighted by Crippen LogP contribution is 2.28. The van der Waals surface area contributed by atoms with Crippen LogP contribution >= 0.6 is 0 Å². The van der Waals surface area contributed by atoms with E-state index in [1.54, 1.807) is 54.6 Å². The molecule has 0 saturated carbocycles. The maximum atomic E-state index is 13.2. The highest BCUT2D eigenvalue weighted by Gasteiger charge is 2.19. The predicted octanol–water partition coefficient (Wildman–Crippen LogP) is 3.63. The van der Waals surface area contributed by atoms with Crippen molar-refractivity contribution in [3.05, 3.63) is 95.7 Å². The van der Waals surface area contributed by atoms with Crippen LogP contribution in [0.4, 0.5) is 5.69 Å². The minimum atomic E-state index is -3.84. The number of aliphatic carboxylic acids is 1. The summed E-state index contributed by atoms with van der Waals surface area (Å²) in [5.41, 5.74) is 8.03. The molecule has 36 heavy (non-hydrogen) atoms. The van der Waals surface area contributed by atoms with Crippen LogP contribution in [0.2, 0.25) is 0 Å². The first-order valence-electron chi connectivity index (χ1n) is 11.0. The number of anilines is 1. The molecule has 0 bridgehead atoms. The smallest absolute Gasteiger partial charge is 0.323 e. The van der Waals surface area contributed by atoms with Crippen LogP contribution in [0.5, 0.6) is 0 Å². The number of carboxylic acid groups (broad SMARTS) is 1. The van der Waals surface area contributed by atoms with Crippen molar-refractivity contribution >= 4 is 44.2 Å². The first-order valence-corrected chi connectivity index (χ1v) is 12.5. The highest BCUT2D eigenvalue weighted by atomic mass is 32.2. The number of nitrogens with two attached hydrogens (primary N) is 1. The van der Waals surface area contributed by atoms with E-state index >= 15 is 0 Å². The number of benzene rings is 3. The molecule has 4 rings (SSSR count). The summed E-state index contributed by atoms with van der Waals surface area (Å²) in [5, 5.41) is 17.2. The monoisotopic (exact) mass is 504 g/mol. The van der Waals surface area contributed by atoms with Gasteiger partial charge in [-0.15, -0.1) is 0 Å². The summed E-state index contributed by atoms with van der Waals surface area (Å²) in [5.74, 6) is -1.31. The largest absolute Gasteiger partial charge is 0.480 e. The number of fused-ring (bicyclic) bond motifs is 1. The molecule has 9 nitrogen and oxygen atoms in total. The van der Waals surface area contributed by atoms with E-state index < -0.39 is 16.0 Å². The van der Waals surface area contributed by atoms with Gasteiger partial charge in [-0.2, -0.15) is 0 Å². The molecule has 0 radical (unpaired) electrons. The fraction of sp³-hybridized carbons (Fsp3) is 0.115. The van der Waals surface area contributed by atoms with Gasteiger partial charge in [-0.1, -0.05) is 42.5 Å². The number of Topliss-reactive ketones (excluding diaryl/α,β-unsaturated/α-hetero) is 1. The molecule has 1 heterocycles. The van der Waals surface area contributed by atoms with Gasteiger partial charge in [0.15, 0.2) is 5.78 Å². The Balaban J connectivity index is 1.63. The number of nitrogen functional groups attached to an aromatic ring is 1. The Morgan fingerprint density at radius 2 is 1.69 bits per heavy atom. The third-order valence-corrected chi connectivity index (χ3v) is 7.10. The Kier molecular flexibility index (Phi) is 6.89. The van der Waals surface area contributed by atoms with Crippen molar-refractivity contribution in [1.82, 2.24) is 4.57 Å². The molecule has 1 aromatic heterocycles. The average molecular weight is 505 g/mol. The molecule has 10 heteroatoms. The zero-order chi connectivity index (χ0) is 25.9. The lowest BCUT2D eigenvalue weighted by atomic mass is 10.0. The fourth-order valence-corrected chi connectivity index (χ4v) is 4.99. The zero-order valence-corrected chi connectivity index (χ0v) is 20.0. The van der Waals surface area contributed by atoms with Gasteiger partial charge in [0.1, 0.15) is 12.4 Å². The minimum absolute atomic E-state index is 0.0393.